The molecule has 1 aromatic carbocycles. The molecule has 120 valence electrons. The van der Waals surface area contributed by atoms with Crippen molar-refractivity contribution in [2.45, 2.75) is 6.54 Å². The molecule has 2 N–H and O–H groups in total. The highest BCUT2D eigenvalue weighted by Gasteiger charge is 2.03. The minimum Gasteiger partial charge on any atom is -0.439 e. The number of aromatic nitrogens is 2. The van der Waals surface area contributed by atoms with E-state index in [1.807, 2.05) is 36.4 Å². The summed E-state index contributed by atoms with van der Waals surface area (Å²) in [5.74, 6) is 1.23. The van der Waals surface area contributed by atoms with Gasteiger partial charge in [0.15, 0.2) is 0 Å². The van der Waals surface area contributed by atoms with Gasteiger partial charge in [-0.3, -0.25) is 4.98 Å². The highest BCUT2D eigenvalue weighted by molar-refractivity contribution is 5.88. The molecule has 0 fully saturated rings. The molecule has 3 rings (SSSR count). The summed E-state index contributed by atoms with van der Waals surface area (Å²) in [4.78, 5) is 19.9. The Labute approximate surface area is 139 Å². The Hall–Kier alpha value is -3.41. The molecule has 0 aliphatic carbocycles. The molecule has 2 amide bonds. The van der Waals surface area contributed by atoms with Crippen LogP contribution in [-0.4, -0.2) is 16.0 Å². The number of carbonyl (C=O) groups excluding carboxylic acids is 1. The van der Waals surface area contributed by atoms with E-state index in [-0.39, 0.29) is 6.03 Å². The summed E-state index contributed by atoms with van der Waals surface area (Å²) >= 11 is 0. The lowest BCUT2D eigenvalue weighted by Crippen LogP contribution is -2.28. The highest BCUT2D eigenvalue weighted by Crippen LogP contribution is 2.18. The lowest BCUT2D eigenvalue weighted by Gasteiger charge is -2.08. The number of ether oxygens (including phenoxy) is 1. The van der Waals surface area contributed by atoms with Gasteiger partial charge in [-0.1, -0.05) is 24.3 Å². The average molecular weight is 320 g/mol. The maximum atomic E-state index is 11.8. The van der Waals surface area contributed by atoms with Gasteiger partial charge in [-0.15, -0.1) is 0 Å². The molecule has 0 saturated carbocycles. The van der Waals surface area contributed by atoms with Crippen LogP contribution in [0.1, 0.15) is 5.56 Å². The Morgan fingerprint density at radius 3 is 2.50 bits per heavy atom. The van der Waals surface area contributed by atoms with Gasteiger partial charge < -0.3 is 15.4 Å². The summed E-state index contributed by atoms with van der Waals surface area (Å²) in [5, 5.41) is 5.49. The van der Waals surface area contributed by atoms with Gasteiger partial charge >= 0.3 is 6.03 Å². The minimum absolute atomic E-state index is 0.286. The summed E-state index contributed by atoms with van der Waals surface area (Å²) in [7, 11) is 0. The number of nitrogens with one attached hydrogen (secondary N) is 2. The Morgan fingerprint density at radius 1 is 1.00 bits per heavy atom. The topological polar surface area (TPSA) is 76.1 Å². The predicted octanol–water partition coefficient (Wildman–Crippen LogP) is 3.59. The molecule has 0 radical (unpaired) electrons. The van der Waals surface area contributed by atoms with Crippen molar-refractivity contribution in [2.75, 3.05) is 5.32 Å². The Balaban J connectivity index is 1.50. The van der Waals surface area contributed by atoms with E-state index >= 15 is 0 Å². The molecule has 0 aliphatic rings. The van der Waals surface area contributed by atoms with Crippen LogP contribution < -0.4 is 15.4 Å². The first-order chi connectivity index (χ1) is 11.8. The third-order valence-electron chi connectivity index (χ3n) is 3.15. The van der Waals surface area contributed by atoms with Crippen LogP contribution in [0.4, 0.5) is 10.5 Å². The predicted molar refractivity (Wildman–Crippen MR) is 90.8 cm³/mol. The van der Waals surface area contributed by atoms with E-state index in [1.54, 1.807) is 36.8 Å². The second-order valence-electron chi connectivity index (χ2n) is 4.96. The maximum Gasteiger partial charge on any atom is 0.319 e. The fourth-order valence-corrected chi connectivity index (χ4v) is 1.98. The minimum atomic E-state index is -0.286. The first-order valence-corrected chi connectivity index (χ1v) is 7.42. The molecular formula is C18H16N4O2. The Morgan fingerprint density at radius 2 is 1.79 bits per heavy atom. The molecule has 3 aromatic rings. The van der Waals surface area contributed by atoms with Gasteiger partial charge in [0.05, 0.1) is 0 Å². The van der Waals surface area contributed by atoms with Crippen LogP contribution in [0.25, 0.3) is 0 Å². The van der Waals surface area contributed by atoms with Gasteiger partial charge in [-0.05, 0) is 29.8 Å². The van der Waals surface area contributed by atoms with Crippen molar-refractivity contribution < 1.29 is 9.53 Å². The molecular weight excluding hydrogens is 304 g/mol. The number of benzene rings is 1. The van der Waals surface area contributed by atoms with Crippen LogP contribution in [0, 0.1) is 0 Å². The van der Waals surface area contributed by atoms with Crippen molar-refractivity contribution in [3.05, 3.63) is 78.8 Å². The third-order valence-corrected chi connectivity index (χ3v) is 3.15. The van der Waals surface area contributed by atoms with Crippen LogP contribution in [-0.2, 0) is 6.54 Å². The Bertz CT molecular complexity index is 777. The molecule has 0 saturated heterocycles. The second-order valence-corrected chi connectivity index (χ2v) is 4.96. The molecule has 6 heteroatoms. The van der Waals surface area contributed by atoms with Crippen molar-refractivity contribution in [1.82, 2.24) is 15.3 Å². The molecule has 6 nitrogen and oxygen atoms in total. The average Bonchev–Trinajstić information content (AvgIpc) is 2.63. The van der Waals surface area contributed by atoms with E-state index in [0.29, 0.717) is 18.1 Å². The second kappa shape index (κ2) is 7.73. The molecule has 0 aliphatic heterocycles. The summed E-state index contributed by atoms with van der Waals surface area (Å²) in [6.45, 7) is 0.371. The quantitative estimate of drug-likeness (QED) is 0.753. The molecule has 0 bridgehead atoms. The van der Waals surface area contributed by atoms with Crippen molar-refractivity contribution in [3.8, 4) is 11.6 Å². The van der Waals surface area contributed by atoms with Crippen molar-refractivity contribution in [1.29, 1.82) is 0 Å². The number of hydrogen-bond donors (Lipinski definition) is 2. The molecule has 0 atom stereocenters. The van der Waals surface area contributed by atoms with E-state index < -0.39 is 0 Å². The zero-order valence-corrected chi connectivity index (χ0v) is 12.8. The van der Waals surface area contributed by atoms with E-state index in [1.165, 1.54) is 0 Å². The standard InChI is InChI=1S/C18H16N4O2/c23-18(22-15-8-10-19-11-9-15)21-13-14-6-7-17(20-12-14)24-16-4-2-1-3-5-16/h1-12H,13H2,(H2,19,21,22,23). The van der Waals surface area contributed by atoms with E-state index in [0.717, 1.165) is 11.3 Å². The lowest BCUT2D eigenvalue weighted by atomic mass is 10.3. The van der Waals surface area contributed by atoms with E-state index in [4.69, 9.17) is 4.74 Å². The van der Waals surface area contributed by atoms with Gasteiger partial charge in [-0.2, -0.15) is 0 Å². The van der Waals surface area contributed by atoms with Gasteiger partial charge in [-0.25, -0.2) is 9.78 Å². The number of para-hydroxylation sites is 1. The van der Waals surface area contributed by atoms with Gasteiger partial charge in [0.25, 0.3) is 0 Å². The Kier molecular flexibility index (Phi) is 4.99. The summed E-state index contributed by atoms with van der Waals surface area (Å²) < 4.78 is 5.62. The SMILES string of the molecule is O=C(NCc1ccc(Oc2ccccc2)nc1)Nc1ccncc1. The molecule has 24 heavy (non-hydrogen) atoms. The lowest BCUT2D eigenvalue weighted by molar-refractivity contribution is 0.251. The number of hydrogen-bond acceptors (Lipinski definition) is 4. The van der Waals surface area contributed by atoms with Crippen molar-refractivity contribution in [3.63, 3.8) is 0 Å². The number of amides is 2. The number of rotatable bonds is 5. The molecule has 0 spiro atoms. The van der Waals surface area contributed by atoms with Crippen LogP contribution in [0.3, 0.4) is 0 Å². The van der Waals surface area contributed by atoms with Gasteiger partial charge in [0.1, 0.15) is 5.75 Å². The number of anilines is 1. The number of pyridine rings is 2. The van der Waals surface area contributed by atoms with Gasteiger partial charge in [0, 0.05) is 36.9 Å². The first kappa shape index (κ1) is 15.5. The number of nitrogens with zero attached hydrogens (tertiary/aromatic N) is 2. The largest absolute Gasteiger partial charge is 0.439 e. The fourth-order valence-electron chi connectivity index (χ4n) is 1.98. The van der Waals surface area contributed by atoms with Crippen molar-refractivity contribution >= 4 is 11.7 Å². The summed E-state index contributed by atoms with van der Waals surface area (Å²) in [6, 6.07) is 16.2. The van der Waals surface area contributed by atoms with E-state index in [9.17, 15) is 4.79 Å². The summed E-state index contributed by atoms with van der Waals surface area (Å²) in [6.07, 6.45) is 4.90. The smallest absolute Gasteiger partial charge is 0.319 e. The van der Waals surface area contributed by atoms with Crippen LogP contribution >= 0.6 is 0 Å². The van der Waals surface area contributed by atoms with Gasteiger partial charge in [0.2, 0.25) is 5.88 Å². The monoisotopic (exact) mass is 320 g/mol. The number of urea groups is 1. The van der Waals surface area contributed by atoms with Crippen LogP contribution in [0.5, 0.6) is 11.6 Å². The van der Waals surface area contributed by atoms with E-state index in [2.05, 4.69) is 20.6 Å². The molecule has 2 heterocycles. The fraction of sp³-hybridized carbons (Fsp3) is 0.0556. The molecule has 2 aromatic heterocycles. The zero-order valence-electron chi connectivity index (χ0n) is 12.8. The summed E-state index contributed by atoms with van der Waals surface area (Å²) in [5.41, 5.74) is 1.56. The highest BCUT2D eigenvalue weighted by atomic mass is 16.5. The van der Waals surface area contributed by atoms with Crippen LogP contribution in [0.2, 0.25) is 0 Å². The number of carbonyl (C=O) groups is 1. The first-order valence-electron chi connectivity index (χ1n) is 7.42. The third kappa shape index (κ3) is 4.54. The molecule has 0 unspecified atom stereocenters. The maximum absolute atomic E-state index is 11.8. The zero-order chi connectivity index (χ0) is 16.6. The van der Waals surface area contributed by atoms with Crippen molar-refractivity contribution in [2.24, 2.45) is 0 Å². The van der Waals surface area contributed by atoms with Crippen LogP contribution in [0.15, 0.2) is 73.2 Å². The normalized spacial score (nSPS) is 10.0.